The molecule has 0 aliphatic rings. The number of aliphatic carboxylic acids is 1. The zero-order valence-corrected chi connectivity index (χ0v) is 16.5. The number of aliphatic hydroxyl groups is 1. The van der Waals surface area contributed by atoms with Gasteiger partial charge in [-0.3, -0.25) is 0 Å². The number of nitrogens with one attached hydrogen (secondary N) is 2. The number of benzene rings is 2. The Morgan fingerprint density at radius 1 is 1.06 bits per heavy atom. The second-order valence-electron chi connectivity index (χ2n) is 6.68. The minimum Gasteiger partial charge on any atom is -0.475 e. The Labute approximate surface area is 180 Å². The number of aromatic amines is 1. The molecule has 2 aromatic carbocycles. The number of anilines is 1. The normalized spacial score (nSPS) is 12.0. The molecule has 2 aromatic heterocycles. The molecule has 4 aromatic rings. The molecule has 0 bridgehead atoms. The van der Waals surface area contributed by atoms with Crippen molar-refractivity contribution in [2.75, 3.05) is 11.9 Å². The molecule has 0 unspecified atom stereocenters. The Kier molecular flexibility index (Phi) is 7.06. The quantitative estimate of drug-likeness (QED) is 0.363. The van der Waals surface area contributed by atoms with E-state index in [-0.39, 0.29) is 0 Å². The predicted octanol–water partition coefficient (Wildman–Crippen LogP) is 4.40. The van der Waals surface area contributed by atoms with Crippen molar-refractivity contribution in [1.82, 2.24) is 15.0 Å². The first-order valence-electron chi connectivity index (χ1n) is 9.40. The van der Waals surface area contributed by atoms with Gasteiger partial charge in [0.25, 0.3) is 0 Å². The smallest absolute Gasteiger partial charge is 0.475 e. The number of H-pyrrole nitrogens is 1. The second kappa shape index (κ2) is 9.92. The maximum absolute atomic E-state index is 10.6. The van der Waals surface area contributed by atoms with Crippen molar-refractivity contribution in [3.05, 3.63) is 78.8 Å². The van der Waals surface area contributed by atoms with Gasteiger partial charge in [0.2, 0.25) is 0 Å². The lowest BCUT2D eigenvalue weighted by molar-refractivity contribution is -0.192. The van der Waals surface area contributed by atoms with Gasteiger partial charge in [0.15, 0.2) is 0 Å². The van der Waals surface area contributed by atoms with Crippen LogP contribution >= 0.6 is 0 Å². The Balaban J connectivity index is 0.000000360. The van der Waals surface area contributed by atoms with Gasteiger partial charge in [0.05, 0.1) is 11.8 Å². The summed E-state index contributed by atoms with van der Waals surface area (Å²) in [4.78, 5) is 20.7. The fourth-order valence-corrected chi connectivity index (χ4v) is 2.82. The first-order chi connectivity index (χ1) is 15.2. The van der Waals surface area contributed by atoms with Gasteiger partial charge in [-0.25, -0.2) is 14.8 Å². The average Bonchev–Trinajstić information content (AvgIpc) is 3.26. The highest BCUT2D eigenvalue weighted by atomic mass is 19.4. The van der Waals surface area contributed by atoms with Crippen LogP contribution in [0.2, 0.25) is 0 Å². The van der Waals surface area contributed by atoms with Crippen LogP contribution in [-0.4, -0.2) is 43.9 Å². The van der Waals surface area contributed by atoms with Crippen molar-refractivity contribution in [3.63, 3.8) is 0 Å². The van der Waals surface area contributed by atoms with Gasteiger partial charge in [-0.1, -0.05) is 36.4 Å². The molecule has 0 radical (unpaired) electrons. The van der Waals surface area contributed by atoms with E-state index in [1.165, 1.54) is 6.33 Å². The lowest BCUT2D eigenvalue weighted by Crippen LogP contribution is -2.21. The molecule has 4 rings (SSSR count). The third-order valence-electron chi connectivity index (χ3n) is 4.42. The lowest BCUT2D eigenvalue weighted by atomic mass is 10.1. The van der Waals surface area contributed by atoms with Gasteiger partial charge in [0.1, 0.15) is 12.1 Å². The number of carboxylic acids is 1. The fourth-order valence-electron chi connectivity index (χ4n) is 2.82. The van der Waals surface area contributed by atoms with Crippen LogP contribution < -0.4 is 5.32 Å². The number of aromatic nitrogens is 3. The molecule has 1 atom stereocenters. The maximum atomic E-state index is 10.6. The molecule has 0 saturated carbocycles. The molecule has 0 spiro atoms. The van der Waals surface area contributed by atoms with E-state index < -0.39 is 18.2 Å². The zero-order chi connectivity index (χ0) is 23.1. The standard InChI is InChI=1S/C20H18N4O.C2HF3O2/c25-19(14-4-2-1-3-5-14)12-22-20-11-18(23-13-24-20)15-6-7-17-16(10-15)8-9-21-17;3-2(4,5)1(6)7/h1-11,13,19,21,25H,12H2,(H,22,23,24);(H,6,7)/t19-;/m0./s1. The highest BCUT2D eigenvalue weighted by molar-refractivity contribution is 5.84. The third kappa shape index (κ3) is 6.05. The van der Waals surface area contributed by atoms with Gasteiger partial charge in [0, 0.05) is 35.3 Å². The number of nitrogens with zero attached hydrogens (tertiary/aromatic N) is 2. The summed E-state index contributed by atoms with van der Waals surface area (Å²) >= 11 is 0. The number of hydrogen-bond acceptors (Lipinski definition) is 5. The fraction of sp³-hybridized carbons (Fsp3) is 0.136. The van der Waals surface area contributed by atoms with Crippen molar-refractivity contribution in [2.45, 2.75) is 12.3 Å². The molecular formula is C22H19F3N4O3. The number of halogens is 3. The Bertz CT molecular complexity index is 1180. The van der Waals surface area contributed by atoms with Gasteiger partial charge in [-0.2, -0.15) is 13.2 Å². The molecule has 10 heteroatoms. The zero-order valence-electron chi connectivity index (χ0n) is 16.5. The summed E-state index contributed by atoms with van der Waals surface area (Å²) in [6.07, 6.45) is -2.21. The number of hydrogen-bond donors (Lipinski definition) is 4. The number of carboxylic acid groups (broad SMARTS) is 1. The summed E-state index contributed by atoms with van der Waals surface area (Å²) in [5.41, 5.74) is 3.85. The van der Waals surface area contributed by atoms with E-state index in [4.69, 9.17) is 9.90 Å². The Morgan fingerprint density at radius 3 is 2.47 bits per heavy atom. The molecule has 32 heavy (non-hydrogen) atoms. The highest BCUT2D eigenvalue weighted by Crippen LogP contribution is 2.23. The molecule has 166 valence electrons. The number of aliphatic hydroxyl groups excluding tert-OH is 1. The van der Waals surface area contributed by atoms with Crippen LogP contribution in [0.15, 0.2) is 73.2 Å². The number of fused-ring (bicyclic) bond motifs is 1. The largest absolute Gasteiger partial charge is 0.490 e. The summed E-state index contributed by atoms with van der Waals surface area (Å²) in [5, 5.41) is 21.7. The monoisotopic (exact) mass is 444 g/mol. The van der Waals surface area contributed by atoms with E-state index in [1.54, 1.807) is 0 Å². The molecule has 0 aliphatic carbocycles. The molecule has 0 saturated heterocycles. The molecular weight excluding hydrogens is 425 g/mol. The minimum absolute atomic E-state index is 0.386. The van der Waals surface area contributed by atoms with E-state index >= 15 is 0 Å². The van der Waals surface area contributed by atoms with Crippen LogP contribution in [0.3, 0.4) is 0 Å². The van der Waals surface area contributed by atoms with Gasteiger partial charge >= 0.3 is 12.1 Å². The van der Waals surface area contributed by atoms with E-state index in [2.05, 4.69) is 26.3 Å². The summed E-state index contributed by atoms with van der Waals surface area (Å²) in [7, 11) is 0. The average molecular weight is 444 g/mol. The number of carbonyl (C=O) groups is 1. The molecule has 4 N–H and O–H groups in total. The molecule has 2 heterocycles. The minimum atomic E-state index is -5.08. The van der Waals surface area contributed by atoms with Gasteiger partial charge < -0.3 is 20.5 Å². The molecule has 0 aliphatic heterocycles. The summed E-state index contributed by atoms with van der Waals surface area (Å²) in [5.74, 6) is -2.07. The maximum Gasteiger partial charge on any atom is 0.490 e. The number of alkyl halides is 3. The van der Waals surface area contributed by atoms with E-state index in [1.807, 2.05) is 60.8 Å². The molecule has 0 amide bonds. The Hall–Kier alpha value is -3.92. The van der Waals surface area contributed by atoms with Gasteiger partial charge in [-0.05, 0) is 23.8 Å². The second-order valence-corrected chi connectivity index (χ2v) is 6.68. The first kappa shape index (κ1) is 22.8. The summed E-state index contributed by atoms with van der Waals surface area (Å²) < 4.78 is 31.7. The van der Waals surface area contributed by atoms with Crippen LogP contribution in [0.1, 0.15) is 11.7 Å². The van der Waals surface area contributed by atoms with Crippen LogP contribution in [0.5, 0.6) is 0 Å². The SMILES string of the molecule is O=C(O)C(F)(F)F.O[C@@H](CNc1cc(-c2ccc3[nH]ccc3c2)ncn1)c1ccccc1. The van der Waals surface area contributed by atoms with Gasteiger partial charge in [-0.15, -0.1) is 0 Å². The van der Waals surface area contributed by atoms with Crippen molar-refractivity contribution < 1.29 is 28.2 Å². The summed E-state index contributed by atoms with van der Waals surface area (Å²) in [6, 6.07) is 19.7. The predicted molar refractivity (Wildman–Crippen MR) is 113 cm³/mol. The van der Waals surface area contributed by atoms with Crippen molar-refractivity contribution in [1.29, 1.82) is 0 Å². The van der Waals surface area contributed by atoms with E-state index in [9.17, 15) is 18.3 Å². The third-order valence-corrected chi connectivity index (χ3v) is 4.42. The van der Waals surface area contributed by atoms with E-state index in [0.717, 1.165) is 27.7 Å². The van der Waals surface area contributed by atoms with Crippen molar-refractivity contribution in [2.24, 2.45) is 0 Å². The molecule has 0 fully saturated rings. The van der Waals surface area contributed by atoms with E-state index in [0.29, 0.717) is 12.4 Å². The van der Waals surface area contributed by atoms with Crippen LogP contribution in [-0.2, 0) is 4.79 Å². The number of rotatable bonds is 5. The van der Waals surface area contributed by atoms with Crippen LogP contribution in [0.4, 0.5) is 19.0 Å². The van der Waals surface area contributed by atoms with Crippen molar-refractivity contribution in [3.8, 4) is 11.3 Å². The first-order valence-corrected chi connectivity index (χ1v) is 9.40. The highest BCUT2D eigenvalue weighted by Gasteiger charge is 2.38. The molecule has 7 nitrogen and oxygen atoms in total. The van der Waals surface area contributed by atoms with Crippen LogP contribution in [0, 0.1) is 0 Å². The topological polar surface area (TPSA) is 111 Å². The van der Waals surface area contributed by atoms with Crippen LogP contribution in [0.25, 0.3) is 22.2 Å². The lowest BCUT2D eigenvalue weighted by Gasteiger charge is -2.13. The Morgan fingerprint density at radius 2 is 1.78 bits per heavy atom. The summed E-state index contributed by atoms with van der Waals surface area (Å²) in [6.45, 7) is 0.386. The van der Waals surface area contributed by atoms with Crippen molar-refractivity contribution >= 4 is 22.7 Å².